The Morgan fingerprint density at radius 2 is 1.96 bits per heavy atom. The molecule has 0 aliphatic carbocycles. The monoisotopic (exact) mass is 363 g/mol. The van der Waals surface area contributed by atoms with E-state index in [1.54, 1.807) is 41.8 Å². The summed E-state index contributed by atoms with van der Waals surface area (Å²) in [4.78, 5) is 16.2. The zero-order valence-electron chi connectivity index (χ0n) is 12.5. The van der Waals surface area contributed by atoms with Gasteiger partial charge in [-0.2, -0.15) is 0 Å². The summed E-state index contributed by atoms with van der Waals surface area (Å²) in [7, 11) is -3.31. The molecule has 24 heavy (non-hydrogen) atoms. The fourth-order valence-electron chi connectivity index (χ4n) is 1.95. The van der Waals surface area contributed by atoms with Gasteiger partial charge in [0.05, 0.1) is 18.2 Å². The summed E-state index contributed by atoms with van der Waals surface area (Å²) >= 11 is 1.29. The third kappa shape index (κ3) is 4.00. The number of anilines is 2. The Morgan fingerprint density at radius 3 is 2.58 bits per heavy atom. The predicted octanol–water partition coefficient (Wildman–Crippen LogP) is 3.03. The van der Waals surface area contributed by atoms with Crippen molar-refractivity contribution in [3.8, 4) is 11.3 Å². The maximum absolute atomic E-state index is 11.9. The zero-order chi connectivity index (χ0) is 17.2. The third-order valence-electron chi connectivity index (χ3n) is 2.95. The van der Waals surface area contributed by atoms with Gasteiger partial charge >= 0.3 is 0 Å². The van der Waals surface area contributed by atoms with Gasteiger partial charge in [-0.1, -0.05) is 12.1 Å². The first-order valence-corrected chi connectivity index (χ1v) is 9.56. The van der Waals surface area contributed by atoms with Crippen molar-refractivity contribution in [3.63, 3.8) is 0 Å². The minimum Gasteiger partial charge on any atom is -0.459 e. The number of amides is 1. The number of aromatic nitrogens is 1. The van der Waals surface area contributed by atoms with Crippen LogP contribution in [0.5, 0.6) is 0 Å². The van der Waals surface area contributed by atoms with E-state index in [4.69, 9.17) is 4.42 Å². The topological polar surface area (TPSA) is 101 Å². The molecule has 0 aliphatic heterocycles. The number of hydrogen-bond donors (Lipinski definition) is 2. The molecule has 0 saturated heterocycles. The second-order valence-corrected chi connectivity index (χ2v) is 7.53. The van der Waals surface area contributed by atoms with Crippen molar-refractivity contribution < 1.29 is 17.6 Å². The molecule has 9 heteroatoms. The Bertz CT molecular complexity index is 945. The van der Waals surface area contributed by atoms with E-state index in [9.17, 15) is 13.2 Å². The van der Waals surface area contributed by atoms with Gasteiger partial charge in [-0.25, -0.2) is 13.4 Å². The highest BCUT2D eigenvalue weighted by atomic mass is 32.2. The van der Waals surface area contributed by atoms with Crippen molar-refractivity contribution in [1.29, 1.82) is 0 Å². The lowest BCUT2D eigenvalue weighted by Crippen LogP contribution is -2.10. The molecule has 1 amide bonds. The summed E-state index contributed by atoms with van der Waals surface area (Å²) in [5.74, 6) is -0.156. The van der Waals surface area contributed by atoms with Gasteiger partial charge in [-0.05, 0) is 24.3 Å². The highest BCUT2D eigenvalue weighted by molar-refractivity contribution is 7.92. The molecule has 7 nitrogen and oxygen atoms in total. The molecule has 0 atom stereocenters. The van der Waals surface area contributed by atoms with E-state index in [1.807, 2.05) is 0 Å². The van der Waals surface area contributed by atoms with Crippen molar-refractivity contribution in [2.24, 2.45) is 0 Å². The third-order valence-corrected chi connectivity index (χ3v) is 4.32. The number of furan rings is 1. The highest BCUT2D eigenvalue weighted by Crippen LogP contribution is 2.26. The van der Waals surface area contributed by atoms with E-state index in [-0.39, 0.29) is 11.7 Å². The van der Waals surface area contributed by atoms with Crippen LogP contribution in [0, 0.1) is 0 Å². The second-order valence-electron chi connectivity index (χ2n) is 4.92. The van der Waals surface area contributed by atoms with Crippen LogP contribution in [0.15, 0.2) is 52.5 Å². The Balaban J connectivity index is 1.72. The normalized spacial score (nSPS) is 11.2. The summed E-state index contributed by atoms with van der Waals surface area (Å²) in [5, 5.41) is 4.91. The van der Waals surface area contributed by atoms with Crippen LogP contribution < -0.4 is 10.0 Å². The lowest BCUT2D eigenvalue weighted by Gasteiger charge is -2.04. The van der Waals surface area contributed by atoms with Gasteiger partial charge in [-0.15, -0.1) is 11.3 Å². The number of benzene rings is 1. The van der Waals surface area contributed by atoms with E-state index in [0.717, 1.165) is 11.8 Å². The molecule has 2 heterocycles. The van der Waals surface area contributed by atoms with Crippen LogP contribution in [0.2, 0.25) is 0 Å². The number of sulfonamides is 1. The van der Waals surface area contributed by atoms with Crippen LogP contribution in [-0.2, 0) is 10.0 Å². The van der Waals surface area contributed by atoms with E-state index < -0.39 is 10.0 Å². The molecule has 0 spiro atoms. The predicted molar refractivity (Wildman–Crippen MR) is 92.7 cm³/mol. The molecule has 0 fully saturated rings. The van der Waals surface area contributed by atoms with Crippen molar-refractivity contribution in [2.45, 2.75) is 0 Å². The maximum Gasteiger partial charge on any atom is 0.293 e. The second kappa shape index (κ2) is 6.46. The molecule has 2 N–H and O–H groups in total. The van der Waals surface area contributed by atoms with Crippen LogP contribution >= 0.6 is 11.3 Å². The van der Waals surface area contributed by atoms with Gasteiger partial charge in [0.2, 0.25) is 10.0 Å². The van der Waals surface area contributed by atoms with E-state index in [0.29, 0.717) is 16.5 Å². The standard InChI is InChI=1S/C15H13N3O4S2/c1-24(20,21)18-11-6-4-10(5-7-11)12-9-23-15(16-12)17-14(19)13-3-2-8-22-13/h2-9,18H,1H3,(H,16,17,19). The fraction of sp³-hybridized carbons (Fsp3) is 0.0667. The number of rotatable bonds is 5. The largest absolute Gasteiger partial charge is 0.459 e. The average Bonchev–Trinajstić information content (AvgIpc) is 3.17. The Hall–Kier alpha value is -2.65. The van der Waals surface area contributed by atoms with E-state index in [1.165, 1.54) is 17.6 Å². The number of nitrogens with zero attached hydrogens (tertiary/aromatic N) is 1. The molecule has 0 saturated carbocycles. The van der Waals surface area contributed by atoms with Crippen LogP contribution in [0.25, 0.3) is 11.3 Å². The van der Waals surface area contributed by atoms with Crippen LogP contribution in [0.1, 0.15) is 10.6 Å². The summed E-state index contributed by atoms with van der Waals surface area (Å²) in [5.41, 5.74) is 1.97. The van der Waals surface area contributed by atoms with E-state index in [2.05, 4.69) is 15.0 Å². The average molecular weight is 363 g/mol. The molecule has 0 aliphatic rings. The first-order chi connectivity index (χ1) is 11.4. The SMILES string of the molecule is CS(=O)(=O)Nc1ccc(-c2csc(NC(=O)c3ccco3)n2)cc1. The molecule has 3 rings (SSSR count). The number of carbonyl (C=O) groups excluding carboxylic acids is 1. The molecule has 0 bridgehead atoms. The summed E-state index contributed by atoms with van der Waals surface area (Å²) in [6, 6.07) is 10.0. The number of hydrogen-bond acceptors (Lipinski definition) is 6. The Kier molecular flexibility index (Phi) is 4.36. The van der Waals surface area contributed by atoms with Crippen molar-refractivity contribution >= 4 is 38.1 Å². The molecule has 124 valence electrons. The van der Waals surface area contributed by atoms with Crippen LogP contribution in [-0.4, -0.2) is 25.6 Å². The number of nitrogens with one attached hydrogen (secondary N) is 2. The molecular formula is C15H13N3O4S2. The highest BCUT2D eigenvalue weighted by Gasteiger charge is 2.12. The lowest BCUT2D eigenvalue weighted by molar-refractivity contribution is 0.0996. The minimum absolute atomic E-state index is 0.211. The maximum atomic E-state index is 11.9. The number of carbonyl (C=O) groups is 1. The van der Waals surface area contributed by atoms with Gasteiger partial charge in [0.15, 0.2) is 10.9 Å². The Labute approximate surface area is 142 Å². The van der Waals surface area contributed by atoms with E-state index >= 15 is 0 Å². The first-order valence-electron chi connectivity index (χ1n) is 6.79. The molecule has 2 aromatic heterocycles. The minimum atomic E-state index is -3.31. The summed E-state index contributed by atoms with van der Waals surface area (Å²) in [6.07, 6.45) is 2.52. The molecule has 3 aromatic rings. The van der Waals surface area contributed by atoms with Crippen LogP contribution in [0.3, 0.4) is 0 Å². The number of thiazole rings is 1. The summed E-state index contributed by atoms with van der Waals surface area (Å²) in [6.45, 7) is 0. The Morgan fingerprint density at radius 1 is 1.21 bits per heavy atom. The summed E-state index contributed by atoms with van der Waals surface area (Å²) < 4.78 is 29.8. The van der Waals surface area contributed by atoms with Crippen molar-refractivity contribution in [1.82, 2.24) is 4.98 Å². The molecule has 0 unspecified atom stereocenters. The van der Waals surface area contributed by atoms with Crippen molar-refractivity contribution in [2.75, 3.05) is 16.3 Å². The van der Waals surface area contributed by atoms with Gasteiger partial charge in [0.25, 0.3) is 5.91 Å². The van der Waals surface area contributed by atoms with Crippen molar-refractivity contribution in [3.05, 3.63) is 53.8 Å². The fourth-order valence-corrected chi connectivity index (χ4v) is 3.23. The van der Waals surface area contributed by atoms with Gasteiger partial charge in [0.1, 0.15) is 0 Å². The van der Waals surface area contributed by atoms with Crippen LogP contribution in [0.4, 0.5) is 10.8 Å². The van der Waals surface area contributed by atoms with Gasteiger partial charge in [0, 0.05) is 16.6 Å². The van der Waals surface area contributed by atoms with Gasteiger partial charge in [-0.3, -0.25) is 14.8 Å². The zero-order valence-corrected chi connectivity index (χ0v) is 14.1. The smallest absolute Gasteiger partial charge is 0.293 e. The lowest BCUT2D eigenvalue weighted by atomic mass is 10.1. The first kappa shape index (κ1) is 16.2. The molecule has 1 aromatic carbocycles. The molecular weight excluding hydrogens is 350 g/mol. The van der Waals surface area contributed by atoms with Gasteiger partial charge < -0.3 is 4.42 Å². The molecule has 0 radical (unpaired) electrons. The quantitative estimate of drug-likeness (QED) is 0.725.